The number of hydrogen-bond donors (Lipinski definition) is 0. The van der Waals surface area contributed by atoms with Crippen molar-refractivity contribution in [2.75, 3.05) is 0 Å². The first-order chi connectivity index (χ1) is 5.65. The Hall–Kier alpha value is -0.780. The predicted molar refractivity (Wildman–Crippen MR) is 41.3 cm³/mol. The van der Waals surface area contributed by atoms with E-state index in [2.05, 4.69) is 21.0 Å². The molecule has 0 saturated heterocycles. The van der Waals surface area contributed by atoms with Gasteiger partial charge in [0.05, 0.1) is 11.8 Å². The molecule has 1 aromatic heterocycles. The minimum atomic E-state index is -2.47. The number of aldehydes is 1. The Balaban J connectivity index is 2.86. The van der Waals surface area contributed by atoms with E-state index in [0.717, 1.165) is 4.68 Å². The Morgan fingerprint density at radius 1 is 1.75 bits per heavy atom. The Kier molecular flexibility index (Phi) is 2.91. The van der Waals surface area contributed by atoms with Crippen molar-refractivity contribution in [3.8, 4) is 0 Å². The van der Waals surface area contributed by atoms with Crippen LogP contribution in [0.15, 0.2) is 10.8 Å². The van der Waals surface area contributed by atoms with Crippen molar-refractivity contribution in [1.82, 2.24) is 9.78 Å². The van der Waals surface area contributed by atoms with Gasteiger partial charge in [-0.1, -0.05) is 0 Å². The van der Waals surface area contributed by atoms with E-state index in [4.69, 9.17) is 0 Å². The highest BCUT2D eigenvalue weighted by atomic mass is 79.9. The fourth-order valence-electron chi connectivity index (χ4n) is 0.722. The molecule has 0 N–H and O–H groups in total. The molecule has 0 aromatic carbocycles. The Labute approximate surface area is 75.5 Å². The minimum absolute atomic E-state index is 0.274. The molecule has 6 heteroatoms. The van der Waals surface area contributed by atoms with Crippen LogP contribution in [0.2, 0.25) is 0 Å². The molecule has 0 unspecified atom stereocenters. The SMILES string of the molecule is O=Cc1cnn(CC(F)F)c1Br. The number of halogens is 3. The molecule has 0 aliphatic carbocycles. The first-order valence-electron chi connectivity index (χ1n) is 3.09. The quantitative estimate of drug-likeness (QED) is 0.752. The molecule has 0 aliphatic rings. The molecule has 66 valence electrons. The maximum atomic E-state index is 11.8. The molecule has 1 rings (SSSR count). The number of carbonyl (C=O) groups is 1. The number of alkyl halides is 2. The van der Waals surface area contributed by atoms with Gasteiger partial charge >= 0.3 is 0 Å². The predicted octanol–water partition coefficient (Wildman–Crippen LogP) is 1.72. The van der Waals surface area contributed by atoms with E-state index >= 15 is 0 Å². The van der Waals surface area contributed by atoms with Gasteiger partial charge in [0.2, 0.25) is 0 Å². The van der Waals surface area contributed by atoms with E-state index in [0.29, 0.717) is 6.29 Å². The van der Waals surface area contributed by atoms with Gasteiger partial charge in [0.25, 0.3) is 6.43 Å². The summed E-state index contributed by atoms with van der Waals surface area (Å²) in [4.78, 5) is 10.3. The average Bonchev–Trinajstić information content (AvgIpc) is 2.32. The first kappa shape index (κ1) is 9.31. The second kappa shape index (κ2) is 3.75. The van der Waals surface area contributed by atoms with Gasteiger partial charge in [-0.2, -0.15) is 5.10 Å². The van der Waals surface area contributed by atoms with Gasteiger partial charge in [0, 0.05) is 0 Å². The summed E-state index contributed by atoms with van der Waals surface area (Å²) < 4.78 is 25.0. The third-order valence-electron chi connectivity index (χ3n) is 1.24. The lowest BCUT2D eigenvalue weighted by Gasteiger charge is -2.00. The molecule has 0 spiro atoms. The van der Waals surface area contributed by atoms with Crippen LogP contribution in [0.4, 0.5) is 8.78 Å². The molecule has 12 heavy (non-hydrogen) atoms. The lowest BCUT2D eigenvalue weighted by Crippen LogP contribution is -2.08. The van der Waals surface area contributed by atoms with Gasteiger partial charge in [-0.25, -0.2) is 8.78 Å². The van der Waals surface area contributed by atoms with E-state index in [-0.39, 0.29) is 10.2 Å². The molecule has 0 fully saturated rings. The van der Waals surface area contributed by atoms with Crippen LogP contribution in [0.25, 0.3) is 0 Å². The largest absolute Gasteiger partial charge is 0.298 e. The topological polar surface area (TPSA) is 34.9 Å². The van der Waals surface area contributed by atoms with Crippen molar-refractivity contribution in [2.45, 2.75) is 13.0 Å². The third-order valence-corrected chi connectivity index (χ3v) is 2.11. The summed E-state index contributed by atoms with van der Waals surface area (Å²) in [6.45, 7) is -0.506. The maximum absolute atomic E-state index is 11.8. The fourth-order valence-corrected chi connectivity index (χ4v) is 1.15. The van der Waals surface area contributed by atoms with Crippen LogP contribution in [0.1, 0.15) is 10.4 Å². The molecule has 0 bridgehead atoms. The average molecular weight is 239 g/mol. The molecule has 0 atom stereocenters. The molecule has 1 aromatic rings. The summed E-state index contributed by atoms with van der Waals surface area (Å²) in [5.74, 6) is 0. The zero-order chi connectivity index (χ0) is 9.14. The van der Waals surface area contributed by atoms with Gasteiger partial charge in [0.1, 0.15) is 11.1 Å². The standard InChI is InChI=1S/C6H5BrF2N2O/c7-6-4(3-12)1-10-11(6)2-5(8)9/h1,3,5H,2H2. The summed E-state index contributed by atoms with van der Waals surface area (Å²) in [5.41, 5.74) is 0.274. The lowest BCUT2D eigenvalue weighted by atomic mass is 10.4. The van der Waals surface area contributed by atoms with Crippen LogP contribution in [-0.2, 0) is 6.54 Å². The van der Waals surface area contributed by atoms with Crippen LogP contribution in [0.5, 0.6) is 0 Å². The van der Waals surface area contributed by atoms with E-state index in [9.17, 15) is 13.6 Å². The maximum Gasteiger partial charge on any atom is 0.257 e. The summed E-state index contributed by atoms with van der Waals surface area (Å²) in [5, 5.41) is 3.59. The van der Waals surface area contributed by atoms with E-state index in [1.807, 2.05) is 0 Å². The van der Waals surface area contributed by atoms with E-state index in [1.54, 1.807) is 0 Å². The number of hydrogen-bond acceptors (Lipinski definition) is 2. The normalized spacial score (nSPS) is 10.7. The molecule has 0 amide bonds. The molecule has 0 radical (unpaired) electrons. The summed E-state index contributed by atoms with van der Waals surface area (Å²) in [7, 11) is 0. The number of rotatable bonds is 3. The highest BCUT2D eigenvalue weighted by Gasteiger charge is 2.10. The zero-order valence-electron chi connectivity index (χ0n) is 5.88. The van der Waals surface area contributed by atoms with Crippen molar-refractivity contribution in [3.05, 3.63) is 16.4 Å². The van der Waals surface area contributed by atoms with Gasteiger partial charge in [-0.15, -0.1) is 0 Å². The van der Waals surface area contributed by atoms with Crippen molar-refractivity contribution >= 4 is 22.2 Å². The Morgan fingerprint density at radius 3 is 2.83 bits per heavy atom. The van der Waals surface area contributed by atoms with Crippen LogP contribution in [0, 0.1) is 0 Å². The number of nitrogens with zero attached hydrogens (tertiary/aromatic N) is 2. The van der Waals surface area contributed by atoms with Crippen LogP contribution >= 0.6 is 15.9 Å². The first-order valence-corrected chi connectivity index (χ1v) is 3.89. The van der Waals surface area contributed by atoms with E-state index < -0.39 is 13.0 Å². The van der Waals surface area contributed by atoms with Crippen LogP contribution in [0.3, 0.4) is 0 Å². The van der Waals surface area contributed by atoms with Gasteiger partial charge in [-0.05, 0) is 15.9 Å². The van der Waals surface area contributed by atoms with Gasteiger partial charge in [0.15, 0.2) is 6.29 Å². The minimum Gasteiger partial charge on any atom is -0.298 e. The summed E-state index contributed by atoms with van der Waals surface area (Å²) in [6.07, 6.45) is -0.681. The van der Waals surface area contributed by atoms with Crippen molar-refractivity contribution < 1.29 is 13.6 Å². The smallest absolute Gasteiger partial charge is 0.257 e. The van der Waals surface area contributed by atoms with Crippen LogP contribution in [-0.4, -0.2) is 22.5 Å². The molecule has 0 aliphatic heterocycles. The van der Waals surface area contributed by atoms with Gasteiger partial charge < -0.3 is 0 Å². The molecule has 1 heterocycles. The highest BCUT2D eigenvalue weighted by molar-refractivity contribution is 9.10. The van der Waals surface area contributed by atoms with Crippen LogP contribution < -0.4 is 0 Å². The van der Waals surface area contributed by atoms with Crippen molar-refractivity contribution in [2.24, 2.45) is 0 Å². The molecule has 0 saturated carbocycles. The van der Waals surface area contributed by atoms with Crippen molar-refractivity contribution in [3.63, 3.8) is 0 Å². The number of aromatic nitrogens is 2. The molecule has 3 nitrogen and oxygen atoms in total. The third kappa shape index (κ3) is 1.88. The monoisotopic (exact) mass is 238 g/mol. The highest BCUT2D eigenvalue weighted by Crippen LogP contribution is 2.15. The lowest BCUT2D eigenvalue weighted by molar-refractivity contribution is 0.111. The van der Waals surface area contributed by atoms with Crippen molar-refractivity contribution in [1.29, 1.82) is 0 Å². The molecular weight excluding hydrogens is 234 g/mol. The Morgan fingerprint density at radius 2 is 2.42 bits per heavy atom. The fraction of sp³-hybridized carbons (Fsp3) is 0.333. The second-order valence-electron chi connectivity index (χ2n) is 2.08. The molecular formula is C6H5BrF2N2O. The van der Waals surface area contributed by atoms with E-state index in [1.165, 1.54) is 6.20 Å². The van der Waals surface area contributed by atoms with Gasteiger partial charge in [-0.3, -0.25) is 9.48 Å². The second-order valence-corrected chi connectivity index (χ2v) is 2.83. The zero-order valence-corrected chi connectivity index (χ0v) is 7.46. The number of carbonyl (C=O) groups excluding carboxylic acids is 1. The summed E-state index contributed by atoms with van der Waals surface area (Å²) in [6, 6.07) is 0. The Bertz CT molecular complexity index is 287. The summed E-state index contributed by atoms with van der Waals surface area (Å²) >= 11 is 2.98.